The molecule has 2 aromatic carbocycles. The number of sulfonamides is 1. The molecule has 3 atom stereocenters. The van der Waals surface area contributed by atoms with E-state index >= 15 is 0 Å². The molecule has 2 aromatic rings. The Morgan fingerprint density at radius 2 is 2.05 bits per heavy atom. The minimum atomic E-state index is -3.98. The van der Waals surface area contributed by atoms with Gasteiger partial charge in [-0.15, -0.1) is 6.58 Å². The third-order valence-corrected chi connectivity index (χ3v) is 9.81. The molecule has 9 heteroatoms. The lowest BCUT2D eigenvalue weighted by Crippen LogP contribution is -2.42. The molecule has 212 valence electrons. The van der Waals surface area contributed by atoms with Gasteiger partial charge in [-0.05, 0) is 67.3 Å². The standard InChI is InChI=1S/C30H40N2O6S/c1-4-8-22(2)28(14-16-37-18-17-36-3)39(34,35)32-29(33)24-12-13-27-26(19-24)31-20-30(21-38-27)15-7-10-23-9-5-6-11-25(23)30/h4-6,9,11-13,19,22,28,31H,1,7-8,10,14-18,20-21H2,2-3H3,(H,32,33)/t22-,28+,30?/m1/s1. The number of aryl methyl sites for hydroxylation is 1. The number of benzene rings is 2. The molecule has 2 aliphatic rings. The van der Waals surface area contributed by atoms with Crippen molar-refractivity contribution in [1.29, 1.82) is 0 Å². The Balaban J connectivity index is 1.47. The van der Waals surface area contributed by atoms with Crippen LogP contribution in [0.5, 0.6) is 5.75 Å². The van der Waals surface area contributed by atoms with Crippen LogP contribution in [-0.2, 0) is 31.3 Å². The Bertz CT molecular complexity index is 1260. The van der Waals surface area contributed by atoms with E-state index in [1.165, 1.54) is 11.1 Å². The van der Waals surface area contributed by atoms with Crippen molar-refractivity contribution in [3.8, 4) is 5.75 Å². The minimum absolute atomic E-state index is 0.153. The summed E-state index contributed by atoms with van der Waals surface area (Å²) in [6, 6.07) is 13.5. The number of amides is 1. The largest absolute Gasteiger partial charge is 0.490 e. The summed E-state index contributed by atoms with van der Waals surface area (Å²) in [6.07, 6.45) is 5.61. The topological polar surface area (TPSA) is 103 Å². The zero-order valence-corrected chi connectivity index (χ0v) is 23.7. The number of carbonyl (C=O) groups excluding carboxylic acids is 1. The molecule has 0 aromatic heterocycles. The maximum absolute atomic E-state index is 13.3. The van der Waals surface area contributed by atoms with E-state index < -0.39 is 21.2 Å². The van der Waals surface area contributed by atoms with Crippen molar-refractivity contribution in [3.05, 3.63) is 71.8 Å². The first kappa shape index (κ1) is 29.1. The Kier molecular flexibility index (Phi) is 9.69. The second-order valence-corrected chi connectivity index (χ2v) is 12.5. The zero-order chi connectivity index (χ0) is 27.9. The molecule has 0 saturated carbocycles. The molecule has 8 nitrogen and oxygen atoms in total. The SMILES string of the molecule is C=CC[C@@H](C)[C@H](CCOCCOC)S(=O)(=O)NC(=O)c1ccc2c(c1)NCC1(CCCc3ccccc31)CO2. The van der Waals surface area contributed by atoms with Gasteiger partial charge >= 0.3 is 0 Å². The van der Waals surface area contributed by atoms with Crippen LogP contribution in [0.25, 0.3) is 0 Å². The van der Waals surface area contributed by atoms with Crippen LogP contribution in [-0.4, -0.2) is 59.7 Å². The lowest BCUT2D eigenvalue weighted by Gasteiger charge is -2.37. The van der Waals surface area contributed by atoms with Crippen LogP contribution in [0, 0.1) is 5.92 Å². The molecule has 4 rings (SSSR count). The van der Waals surface area contributed by atoms with Gasteiger partial charge in [-0.1, -0.05) is 37.3 Å². The summed E-state index contributed by atoms with van der Waals surface area (Å²) in [5, 5.41) is 2.69. The van der Waals surface area contributed by atoms with Crippen LogP contribution >= 0.6 is 0 Å². The number of hydrogen-bond acceptors (Lipinski definition) is 7. The zero-order valence-electron chi connectivity index (χ0n) is 22.9. The third-order valence-electron chi connectivity index (χ3n) is 7.84. The summed E-state index contributed by atoms with van der Waals surface area (Å²) < 4.78 is 45.7. The normalized spacial score (nSPS) is 19.9. The summed E-state index contributed by atoms with van der Waals surface area (Å²) in [6.45, 7) is 7.85. The van der Waals surface area contributed by atoms with E-state index in [0.29, 0.717) is 44.2 Å². The van der Waals surface area contributed by atoms with Gasteiger partial charge in [0.05, 0.1) is 30.8 Å². The van der Waals surface area contributed by atoms with E-state index in [9.17, 15) is 13.2 Å². The van der Waals surface area contributed by atoms with Crippen LogP contribution in [0.3, 0.4) is 0 Å². The predicted octanol–water partition coefficient (Wildman–Crippen LogP) is 4.46. The van der Waals surface area contributed by atoms with E-state index in [1.807, 2.05) is 6.92 Å². The van der Waals surface area contributed by atoms with Crippen LogP contribution in [0.1, 0.15) is 54.1 Å². The van der Waals surface area contributed by atoms with Crippen molar-refractivity contribution in [1.82, 2.24) is 4.72 Å². The number of nitrogens with one attached hydrogen (secondary N) is 2. The summed E-state index contributed by atoms with van der Waals surface area (Å²) in [5.74, 6) is -0.256. The molecular weight excluding hydrogens is 516 g/mol. The average Bonchev–Trinajstić information content (AvgIpc) is 3.10. The Labute approximate surface area is 232 Å². The van der Waals surface area contributed by atoms with E-state index in [0.717, 1.165) is 19.3 Å². The molecule has 0 bridgehead atoms. The van der Waals surface area contributed by atoms with Crippen molar-refractivity contribution in [3.63, 3.8) is 0 Å². The highest BCUT2D eigenvalue weighted by Crippen LogP contribution is 2.41. The highest BCUT2D eigenvalue weighted by molar-refractivity contribution is 7.90. The van der Waals surface area contributed by atoms with Crippen LogP contribution < -0.4 is 14.8 Å². The van der Waals surface area contributed by atoms with Gasteiger partial charge in [-0.2, -0.15) is 0 Å². The van der Waals surface area contributed by atoms with Gasteiger partial charge in [-0.3, -0.25) is 4.79 Å². The minimum Gasteiger partial charge on any atom is -0.490 e. The molecule has 1 unspecified atom stereocenters. The van der Waals surface area contributed by atoms with E-state index in [2.05, 4.69) is 40.9 Å². The third kappa shape index (κ3) is 6.83. The molecule has 0 fully saturated rings. The maximum Gasteiger partial charge on any atom is 0.264 e. The second-order valence-electron chi connectivity index (χ2n) is 10.6. The highest BCUT2D eigenvalue weighted by atomic mass is 32.2. The second kappa shape index (κ2) is 13.0. The molecule has 39 heavy (non-hydrogen) atoms. The summed E-state index contributed by atoms with van der Waals surface area (Å²) >= 11 is 0. The van der Waals surface area contributed by atoms with Crippen LogP contribution in [0.2, 0.25) is 0 Å². The Hall–Kier alpha value is -2.88. The first-order valence-corrected chi connectivity index (χ1v) is 15.2. The van der Waals surface area contributed by atoms with Gasteiger partial charge in [0.2, 0.25) is 10.0 Å². The van der Waals surface area contributed by atoms with Crippen molar-refractivity contribution in [2.24, 2.45) is 5.92 Å². The predicted molar refractivity (Wildman–Crippen MR) is 153 cm³/mol. The first-order valence-electron chi connectivity index (χ1n) is 13.6. The van der Waals surface area contributed by atoms with Gasteiger partial charge in [0.1, 0.15) is 5.75 Å². The monoisotopic (exact) mass is 556 g/mol. The van der Waals surface area contributed by atoms with E-state index in [1.54, 1.807) is 31.4 Å². The van der Waals surface area contributed by atoms with E-state index in [-0.39, 0.29) is 29.9 Å². The molecule has 2 N–H and O–H groups in total. The van der Waals surface area contributed by atoms with Crippen molar-refractivity contribution in [2.75, 3.05) is 45.4 Å². The van der Waals surface area contributed by atoms with Gasteiger partial charge in [0.25, 0.3) is 5.91 Å². The summed E-state index contributed by atoms with van der Waals surface area (Å²) in [7, 11) is -2.40. The van der Waals surface area contributed by atoms with E-state index in [4.69, 9.17) is 14.2 Å². The van der Waals surface area contributed by atoms with Gasteiger partial charge < -0.3 is 19.5 Å². The molecule has 1 amide bonds. The lowest BCUT2D eigenvalue weighted by atomic mass is 9.70. The smallest absolute Gasteiger partial charge is 0.264 e. The van der Waals surface area contributed by atoms with Gasteiger partial charge in [0, 0.05) is 31.2 Å². The van der Waals surface area contributed by atoms with Gasteiger partial charge in [0.15, 0.2) is 0 Å². The molecule has 1 spiro atoms. The number of fused-ring (bicyclic) bond motifs is 3. The van der Waals surface area contributed by atoms with Crippen molar-refractivity contribution < 1.29 is 27.4 Å². The molecule has 1 heterocycles. The van der Waals surface area contributed by atoms with Crippen molar-refractivity contribution >= 4 is 21.6 Å². The number of carbonyl (C=O) groups is 1. The molecule has 1 aliphatic heterocycles. The molecule has 0 radical (unpaired) electrons. The number of allylic oxidation sites excluding steroid dienone is 1. The first-order chi connectivity index (χ1) is 18.8. The molecule has 1 aliphatic carbocycles. The summed E-state index contributed by atoms with van der Waals surface area (Å²) in [5.41, 5.74) is 3.45. The quantitative estimate of drug-likeness (QED) is 0.294. The average molecular weight is 557 g/mol. The maximum atomic E-state index is 13.3. The number of methoxy groups -OCH3 is 1. The fourth-order valence-corrected chi connectivity index (χ4v) is 7.33. The fraction of sp³-hybridized carbons (Fsp3) is 0.500. The number of rotatable bonds is 12. The Morgan fingerprint density at radius 1 is 1.23 bits per heavy atom. The van der Waals surface area contributed by atoms with Crippen LogP contribution in [0.4, 0.5) is 5.69 Å². The highest BCUT2D eigenvalue weighted by Gasteiger charge is 2.39. The van der Waals surface area contributed by atoms with Crippen LogP contribution in [0.15, 0.2) is 55.1 Å². The molecular formula is C30H40N2O6S. The molecule has 0 saturated heterocycles. The summed E-state index contributed by atoms with van der Waals surface area (Å²) in [4.78, 5) is 13.2. The lowest BCUT2D eigenvalue weighted by molar-refractivity contribution is 0.0677. The Morgan fingerprint density at radius 3 is 2.85 bits per heavy atom. The fourth-order valence-electron chi connectivity index (χ4n) is 5.68. The van der Waals surface area contributed by atoms with Gasteiger partial charge in [-0.25, -0.2) is 13.1 Å². The number of hydrogen-bond donors (Lipinski definition) is 2. The number of ether oxygens (including phenoxy) is 3. The number of anilines is 1. The van der Waals surface area contributed by atoms with Crippen molar-refractivity contribution in [2.45, 2.75) is 49.7 Å².